The molecule has 0 unspecified atom stereocenters. The highest BCUT2D eigenvalue weighted by Gasteiger charge is 2.05. The summed E-state index contributed by atoms with van der Waals surface area (Å²) in [6.07, 6.45) is 0.339. The third-order valence-electron chi connectivity index (χ3n) is 2.67. The van der Waals surface area contributed by atoms with Gasteiger partial charge in [-0.15, -0.1) is 0 Å². The fourth-order valence-electron chi connectivity index (χ4n) is 1.83. The molecule has 19 heavy (non-hydrogen) atoms. The topological polar surface area (TPSA) is 55.1 Å². The van der Waals surface area contributed by atoms with E-state index in [4.69, 9.17) is 5.73 Å². The first-order valence-electron chi connectivity index (χ1n) is 5.94. The molecule has 4 heteroatoms. The second-order valence-corrected chi connectivity index (χ2v) is 5.40. The van der Waals surface area contributed by atoms with Gasteiger partial charge in [-0.2, -0.15) is 0 Å². The van der Waals surface area contributed by atoms with Gasteiger partial charge >= 0.3 is 0 Å². The molecule has 3 N–H and O–H groups in total. The first kappa shape index (κ1) is 13.6. The maximum Gasteiger partial charge on any atom is 0.228 e. The number of halogens is 1. The SMILES string of the molecule is Cc1cc(Br)cc(NC(=O)Cc2ccc(N)cc2)c1. The number of rotatable bonds is 3. The van der Waals surface area contributed by atoms with E-state index in [0.29, 0.717) is 12.1 Å². The predicted molar refractivity (Wildman–Crippen MR) is 82.1 cm³/mol. The smallest absolute Gasteiger partial charge is 0.228 e. The molecule has 2 aromatic rings. The van der Waals surface area contributed by atoms with Crippen molar-refractivity contribution in [3.63, 3.8) is 0 Å². The maximum atomic E-state index is 11.9. The largest absolute Gasteiger partial charge is 0.399 e. The zero-order valence-corrected chi connectivity index (χ0v) is 12.2. The van der Waals surface area contributed by atoms with Crippen LogP contribution in [0.2, 0.25) is 0 Å². The van der Waals surface area contributed by atoms with Gasteiger partial charge in [-0.05, 0) is 48.4 Å². The highest BCUT2D eigenvalue weighted by molar-refractivity contribution is 9.10. The molecule has 0 saturated carbocycles. The van der Waals surface area contributed by atoms with Gasteiger partial charge in [-0.1, -0.05) is 28.1 Å². The zero-order chi connectivity index (χ0) is 13.8. The average molecular weight is 319 g/mol. The van der Waals surface area contributed by atoms with E-state index in [1.54, 1.807) is 12.1 Å². The number of carbonyl (C=O) groups is 1. The van der Waals surface area contributed by atoms with Crippen LogP contribution in [0.1, 0.15) is 11.1 Å². The fourth-order valence-corrected chi connectivity index (χ4v) is 2.44. The summed E-state index contributed by atoms with van der Waals surface area (Å²) in [4.78, 5) is 11.9. The van der Waals surface area contributed by atoms with Crippen molar-refractivity contribution in [1.29, 1.82) is 0 Å². The lowest BCUT2D eigenvalue weighted by molar-refractivity contribution is -0.115. The van der Waals surface area contributed by atoms with Crippen molar-refractivity contribution < 1.29 is 4.79 Å². The Kier molecular flexibility index (Phi) is 4.22. The number of amides is 1. The summed E-state index contributed by atoms with van der Waals surface area (Å²) >= 11 is 3.41. The van der Waals surface area contributed by atoms with Crippen molar-refractivity contribution in [3.8, 4) is 0 Å². The van der Waals surface area contributed by atoms with Crippen LogP contribution in [-0.4, -0.2) is 5.91 Å². The number of nitrogens with two attached hydrogens (primary N) is 1. The van der Waals surface area contributed by atoms with Crippen molar-refractivity contribution in [2.24, 2.45) is 0 Å². The third kappa shape index (κ3) is 4.10. The Labute approximate surface area is 121 Å². The lowest BCUT2D eigenvalue weighted by atomic mass is 10.1. The van der Waals surface area contributed by atoms with Crippen LogP contribution in [0.4, 0.5) is 11.4 Å². The van der Waals surface area contributed by atoms with Crippen LogP contribution in [0.5, 0.6) is 0 Å². The second kappa shape index (κ2) is 5.89. The van der Waals surface area contributed by atoms with Gasteiger partial charge in [0.15, 0.2) is 0 Å². The minimum atomic E-state index is -0.0396. The van der Waals surface area contributed by atoms with Crippen LogP contribution in [0.3, 0.4) is 0 Å². The molecule has 0 heterocycles. The summed E-state index contributed by atoms with van der Waals surface area (Å²) < 4.78 is 0.954. The predicted octanol–water partition coefficient (Wildman–Crippen LogP) is 3.52. The van der Waals surface area contributed by atoms with Crippen LogP contribution in [0, 0.1) is 6.92 Å². The van der Waals surface area contributed by atoms with Gasteiger partial charge < -0.3 is 11.1 Å². The Hall–Kier alpha value is -1.81. The lowest BCUT2D eigenvalue weighted by Crippen LogP contribution is -2.14. The Morgan fingerprint density at radius 1 is 1.21 bits per heavy atom. The first-order chi connectivity index (χ1) is 9.02. The zero-order valence-electron chi connectivity index (χ0n) is 10.6. The summed E-state index contributed by atoms with van der Waals surface area (Å²) in [5.74, 6) is -0.0396. The summed E-state index contributed by atoms with van der Waals surface area (Å²) in [7, 11) is 0. The molecular formula is C15H15BrN2O. The Balaban J connectivity index is 2.03. The molecule has 0 saturated heterocycles. The highest BCUT2D eigenvalue weighted by atomic mass is 79.9. The van der Waals surface area contributed by atoms with Gasteiger partial charge in [0.25, 0.3) is 0 Å². The van der Waals surface area contributed by atoms with Crippen molar-refractivity contribution in [3.05, 3.63) is 58.1 Å². The standard InChI is InChI=1S/C15H15BrN2O/c1-10-6-12(16)9-14(7-10)18-15(19)8-11-2-4-13(17)5-3-11/h2-7,9H,8,17H2,1H3,(H,18,19). The van der Waals surface area contributed by atoms with Gasteiger partial charge in [0.1, 0.15) is 0 Å². The van der Waals surface area contributed by atoms with Crippen LogP contribution in [0.25, 0.3) is 0 Å². The molecule has 3 nitrogen and oxygen atoms in total. The van der Waals surface area contributed by atoms with Crippen LogP contribution in [0.15, 0.2) is 46.9 Å². The minimum absolute atomic E-state index is 0.0396. The minimum Gasteiger partial charge on any atom is -0.399 e. The normalized spacial score (nSPS) is 10.2. The third-order valence-corrected chi connectivity index (χ3v) is 3.13. The molecule has 0 aliphatic rings. The molecular weight excluding hydrogens is 304 g/mol. The number of anilines is 2. The van der Waals surface area contributed by atoms with E-state index in [1.807, 2.05) is 37.3 Å². The van der Waals surface area contributed by atoms with Crippen molar-refractivity contribution in [1.82, 2.24) is 0 Å². The van der Waals surface area contributed by atoms with Crippen molar-refractivity contribution in [2.75, 3.05) is 11.1 Å². The van der Waals surface area contributed by atoms with Crippen molar-refractivity contribution in [2.45, 2.75) is 13.3 Å². The average Bonchev–Trinajstić information content (AvgIpc) is 2.30. The molecule has 1 amide bonds. The lowest BCUT2D eigenvalue weighted by Gasteiger charge is -2.07. The van der Waals surface area contributed by atoms with E-state index in [2.05, 4.69) is 21.2 Å². The number of nitrogens with one attached hydrogen (secondary N) is 1. The van der Waals surface area contributed by atoms with Gasteiger partial charge in [0.05, 0.1) is 6.42 Å². The van der Waals surface area contributed by atoms with E-state index in [-0.39, 0.29) is 5.91 Å². The molecule has 0 aliphatic heterocycles. The van der Waals surface area contributed by atoms with Gasteiger partial charge in [-0.3, -0.25) is 4.79 Å². The van der Waals surface area contributed by atoms with Crippen molar-refractivity contribution >= 4 is 33.2 Å². The van der Waals surface area contributed by atoms with Gasteiger partial charge in [0, 0.05) is 15.8 Å². The molecule has 0 radical (unpaired) electrons. The Morgan fingerprint density at radius 2 is 1.89 bits per heavy atom. The van der Waals surface area contributed by atoms with E-state index in [1.165, 1.54) is 0 Å². The second-order valence-electron chi connectivity index (χ2n) is 4.48. The first-order valence-corrected chi connectivity index (χ1v) is 6.74. The maximum absolute atomic E-state index is 11.9. The number of nitrogen functional groups attached to an aromatic ring is 1. The number of hydrogen-bond donors (Lipinski definition) is 2. The molecule has 0 atom stereocenters. The fraction of sp³-hybridized carbons (Fsp3) is 0.133. The van der Waals surface area contributed by atoms with E-state index >= 15 is 0 Å². The molecule has 2 rings (SSSR count). The van der Waals surface area contributed by atoms with Gasteiger partial charge in [0.2, 0.25) is 5.91 Å². The molecule has 0 aromatic heterocycles. The van der Waals surface area contributed by atoms with Crippen LogP contribution >= 0.6 is 15.9 Å². The number of aryl methyl sites for hydroxylation is 1. The van der Waals surface area contributed by atoms with E-state index in [9.17, 15) is 4.79 Å². The van der Waals surface area contributed by atoms with E-state index in [0.717, 1.165) is 21.3 Å². The summed E-state index contributed by atoms with van der Waals surface area (Å²) in [5, 5.41) is 2.89. The molecule has 0 spiro atoms. The number of carbonyl (C=O) groups excluding carboxylic acids is 1. The summed E-state index contributed by atoms with van der Waals surface area (Å²) in [5.41, 5.74) is 9.15. The van der Waals surface area contributed by atoms with E-state index < -0.39 is 0 Å². The molecule has 2 aromatic carbocycles. The number of benzene rings is 2. The molecule has 0 fully saturated rings. The van der Waals surface area contributed by atoms with Gasteiger partial charge in [-0.25, -0.2) is 0 Å². The van der Waals surface area contributed by atoms with Crippen LogP contribution in [-0.2, 0) is 11.2 Å². The summed E-state index contributed by atoms with van der Waals surface area (Å²) in [6.45, 7) is 1.99. The summed E-state index contributed by atoms with van der Waals surface area (Å²) in [6, 6.07) is 13.1. The monoisotopic (exact) mass is 318 g/mol. The Morgan fingerprint density at radius 3 is 2.53 bits per heavy atom. The Bertz CT molecular complexity index is 573. The van der Waals surface area contributed by atoms with Crippen LogP contribution < -0.4 is 11.1 Å². The quantitative estimate of drug-likeness (QED) is 0.851. The number of hydrogen-bond acceptors (Lipinski definition) is 2. The highest BCUT2D eigenvalue weighted by Crippen LogP contribution is 2.19. The molecule has 0 aliphatic carbocycles. The molecule has 0 bridgehead atoms. The molecule has 98 valence electrons.